The van der Waals surface area contributed by atoms with Gasteiger partial charge in [-0.3, -0.25) is 16.8 Å². The second-order valence-corrected chi connectivity index (χ2v) is 2.45. The molecule has 11 heteroatoms. The fourth-order valence-corrected chi connectivity index (χ4v) is 0. The SMILES string of the molecule is O=S(=O)([O-])[O-].O=S(=O)([O-])[O-].[Si+4]. The molecule has 0 radical (unpaired) electrons. The normalized spacial score (nSPS) is 10.5. The third-order valence-corrected chi connectivity index (χ3v) is 0. The quantitative estimate of drug-likeness (QED) is 0.236. The minimum atomic E-state index is -5.17. The van der Waals surface area contributed by atoms with Gasteiger partial charge in [-0.2, -0.15) is 0 Å². The van der Waals surface area contributed by atoms with E-state index >= 15 is 0 Å². The molecule has 0 bridgehead atoms. The molecule has 11 heavy (non-hydrogen) atoms. The first-order valence-corrected chi connectivity index (χ1v) is 4.00. The first-order chi connectivity index (χ1) is 4.00. The summed E-state index contributed by atoms with van der Waals surface area (Å²) >= 11 is 0. The van der Waals surface area contributed by atoms with Crippen molar-refractivity contribution < 1.29 is 35.0 Å². The van der Waals surface area contributed by atoms with E-state index < -0.39 is 20.8 Å². The van der Waals surface area contributed by atoms with Gasteiger partial charge in [-0.15, -0.1) is 0 Å². The number of rotatable bonds is 0. The minimum absolute atomic E-state index is 0. The molecule has 64 valence electrons. The van der Waals surface area contributed by atoms with Gasteiger partial charge in [0, 0.05) is 20.8 Å². The van der Waals surface area contributed by atoms with Crippen LogP contribution in [0.1, 0.15) is 0 Å². The van der Waals surface area contributed by atoms with Crippen molar-refractivity contribution in [1.82, 2.24) is 0 Å². The van der Waals surface area contributed by atoms with Crippen molar-refractivity contribution >= 4 is 31.8 Å². The van der Waals surface area contributed by atoms with Gasteiger partial charge in [0.1, 0.15) is 0 Å². The van der Waals surface area contributed by atoms with E-state index in [1.807, 2.05) is 0 Å². The molecule has 0 heterocycles. The first kappa shape index (κ1) is 17.2. The van der Waals surface area contributed by atoms with Crippen LogP contribution in [0, 0.1) is 0 Å². The van der Waals surface area contributed by atoms with Crippen molar-refractivity contribution in [1.29, 1.82) is 0 Å². The summed E-state index contributed by atoms with van der Waals surface area (Å²) in [7, 11) is -10.3. The summed E-state index contributed by atoms with van der Waals surface area (Å²) in [6.45, 7) is 0. The van der Waals surface area contributed by atoms with Gasteiger partial charge >= 0.3 is 11.0 Å². The zero-order chi connectivity index (χ0) is 9.00. The largest absolute Gasteiger partial charge is 4.00 e. The maximum atomic E-state index is 8.52. The zero-order valence-corrected chi connectivity index (χ0v) is 7.22. The topological polar surface area (TPSA) is 161 Å². The molecule has 0 saturated carbocycles. The fraction of sp³-hybridized carbons (Fsp3) is 0. The predicted molar refractivity (Wildman–Crippen MR) is 26.7 cm³/mol. The van der Waals surface area contributed by atoms with Gasteiger partial charge in [-0.1, -0.05) is 0 Å². The summed E-state index contributed by atoms with van der Waals surface area (Å²) in [5, 5.41) is 0. The molecule has 0 aliphatic carbocycles. The Balaban J connectivity index is -0.000000107. The Hall–Kier alpha value is -0.0431. The summed E-state index contributed by atoms with van der Waals surface area (Å²) in [4.78, 5) is 0. The molecule has 0 unspecified atom stereocenters. The molecule has 0 aliphatic heterocycles. The van der Waals surface area contributed by atoms with E-state index in [1.165, 1.54) is 0 Å². The Morgan fingerprint density at radius 3 is 0.636 bits per heavy atom. The molecule has 0 rings (SSSR count). The Labute approximate surface area is 67.4 Å². The smallest absolute Gasteiger partial charge is 0.759 e. The van der Waals surface area contributed by atoms with Crippen LogP contribution in [0.25, 0.3) is 0 Å². The van der Waals surface area contributed by atoms with Crippen LogP contribution in [-0.2, 0) is 20.8 Å². The predicted octanol–water partition coefficient (Wildman–Crippen LogP) is -3.06. The van der Waals surface area contributed by atoms with Crippen molar-refractivity contribution in [2.24, 2.45) is 0 Å². The van der Waals surface area contributed by atoms with E-state index in [0.717, 1.165) is 0 Å². The van der Waals surface area contributed by atoms with Crippen molar-refractivity contribution in [3.8, 4) is 0 Å². The molecule has 0 aromatic rings. The number of hydrogen-bond acceptors (Lipinski definition) is 8. The van der Waals surface area contributed by atoms with Gasteiger partial charge in [-0.25, -0.2) is 0 Å². The third-order valence-electron chi connectivity index (χ3n) is 0. The van der Waals surface area contributed by atoms with E-state index in [-0.39, 0.29) is 11.0 Å². The summed E-state index contributed by atoms with van der Waals surface area (Å²) in [5.41, 5.74) is 0. The Morgan fingerprint density at radius 1 is 0.636 bits per heavy atom. The van der Waals surface area contributed by atoms with Crippen LogP contribution >= 0.6 is 0 Å². The van der Waals surface area contributed by atoms with E-state index in [1.54, 1.807) is 0 Å². The van der Waals surface area contributed by atoms with E-state index in [0.29, 0.717) is 0 Å². The van der Waals surface area contributed by atoms with Crippen LogP contribution in [0.5, 0.6) is 0 Å². The van der Waals surface area contributed by atoms with E-state index in [9.17, 15) is 0 Å². The molecule has 0 fully saturated rings. The van der Waals surface area contributed by atoms with Gasteiger partial charge < -0.3 is 18.2 Å². The van der Waals surface area contributed by atoms with Crippen LogP contribution in [0.2, 0.25) is 0 Å². The van der Waals surface area contributed by atoms with Crippen molar-refractivity contribution in [3.63, 3.8) is 0 Å². The molecular weight excluding hydrogens is 220 g/mol. The number of hydrogen-bond donors (Lipinski definition) is 0. The van der Waals surface area contributed by atoms with E-state index in [2.05, 4.69) is 0 Å². The average molecular weight is 220 g/mol. The molecule has 0 aromatic carbocycles. The van der Waals surface area contributed by atoms with Crippen LogP contribution in [-0.4, -0.2) is 46.0 Å². The average Bonchev–Trinajstić information content (AvgIpc) is 1.12. The maximum Gasteiger partial charge on any atom is 4.00 e. The molecule has 0 atom stereocenters. The second kappa shape index (κ2) is 5.59. The molecule has 0 saturated heterocycles. The summed E-state index contributed by atoms with van der Waals surface area (Å²) in [6, 6.07) is 0. The van der Waals surface area contributed by atoms with E-state index in [4.69, 9.17) is 35.0 Å². The van der Waals surface area contributed by atoms with Gasteiger partial charge in [0.2, 0.25) is 0 Å². The third kappa shape index (κ3) is 339000. The van der Waals surface area contributed by atoms with Crippen molar-refractivity contribution in [3.05, 3.63) is 0 Å². The van der Waals surface area contributed by atoms with Crippen molar-refractivity contribution in [2.45, 2.75) is 0 Å². The molecule has 0 aliphatic rings. The van der Waals surface area contributed by atoms with Gasteiger partial charge in [0.05, 0.1) is 0 Å². The van der Waals surface area contributed by atoms with Crippen LogP contribution in [0.4, 0.5) is 0 Å². The fourth-order valence-electron chi connectivity index (χ4n) is 0. The molecule has 0 aromatic heterocycles. The molecule has 0 amide bonds. The molecule has 0 N–H and O–H groups in total. The maximum absolute atomic E-state index is 8.52. The minimum Gasteiger partial charge on any atom is -0.759 e. The summed E-state index contributed by atoms with van der Waals surface area (Å²) < 4.78 is 68.2. The van der Waals surface area contributed by atoms with Gasteiger partial charge in [0.15, 0.2) is 0 Å². The Morgan fingerprint density at radius 2 is 0.636 bits per heavy atom. The standard InChI is InChI=1S/2H2O4S.Si/c2*1-5(2,3)4;/h2*(H2,1,2,3,4);/q;;+4/p-4. The Bertz CT molecular complexity index is 208. The molecule has 0 spiro atoms. The van der Waals surface area contributed by atoms with Crippen LogP contribution in [0.3, 0.4) is 0 Å². The Kier molecular flexibility index (Phi) is 8.71. The second-order valence-electron chi connectivity index (χ2n) is 0.816. The summed E-state index contributed by atoms with van der Waals surface area (Å²) in [5.74, 6) is 0. The first-order valence-electron chi connectivity index (χ1n) is 1.33. The van der Waals surface area contributed by atoms with Gasteiger partial charge in [-0.05, 0) is 0 Å². The molecular formula is O8S2Si. The monoisotopic (exact) mass is 220 g/mol. The van der Waals surface area contributed by atoms with Gasteiger partial charge in [0.25, 0.3) is 0 Å². The summed E-state index contributed by atoms with van der Waals surface area (Å²) in [6.07, 6.45) is 0. The van der Waals surface area contributed by atoms with Crippen LogP contribution < -0.4 is 0 Å². The van der Waals surface area contributed by atoms with Crippen LogP contribution in [0.15, 0.2) is 0 Å². The van der Waals surface area contributed by atoms with Crippen molar-refractivity contribution in [2.75, 3.05) is 0 Å². The zero-order valence-electron chi connectivity index (χ0n) is 4.58. The molecule has 8 nitrogen and oxygen atoms in total.